The average Bonchev–Trinajstić information content (AvgIpc) is 2.21. The number of allylic oxidation sites excluding steroid dienone is 2. The van der Waals surface area contributed by atoms with Gasteiger partial charge in [0.05, 0.1) is 13.0 Å². The maximum atomic E-state index is 11.4. The number of esters is 1. The molecule has 0 N–H and O–H groups in total. The number of rotatable bonds is 4. The Bertz CT molecular complexity index is 291. The molecule has 90 valence electrons. The van der Waals surface area contributed by atoms with E-state index in [2.05, 4.69) is 20.1 Å². The van der Waals surface area contributed by atoms with Crippen LogP contribution in [0.25, 0.3) is 0 Å². The molecule has 0 aromatic heterocycles. The molecule has 0 aliphatic heterocycles. The van der Waals surface area contributed by atoms with Crippen molar-refractivity contribution in [2.75, 3.05) is 6.61 Å². The third kappa shape index (κ3) is 3.51. The Hall–Kier alpha value is -1.05. The molecule has 1 aliphatic carbocycles. The molecule has 0 unspecified atom stereocenters. The van der Waals surface area contributed by atoms with Crippen LogP contribution >= 0.6 is 0 Å². The zero-order chi connectivity index (χ0) is 12.1. The predicted octanol–water partition coefficient (Wildman–Crippen LogP) is 3.49. The fourth-order valence-electron chi connectivity index (χ4n) is 2.29. The van der Waals surface area contributed by atoms with Crippen molar-refractivity contribution in [3.05, 3.63) is 24.3 Å². The summed E-state index contributed by atoms with van der Waals surface area (Å²) >= 11 is 0. The van der Waals surface area contributed by atoms with Crippen LogP contribution in [-0.4, -0.2) is 12.6 Å². The van der Waals surface area contributed by atoms with Gasteiger partial charge >= 0.3 is 5.97 Å². The second-order valence-corrected chi connectivity index (χ2v) is 4.68. The molecule has 0 aromatic carbocycles. The molecular weight excluding hydrogens is 200 g/mol. The highest BCUT2D eigenvalue weighted by molar-refractivity contribution is 5.70. The summed E-state index contributed by atoms with van der Waals surface area (Å²) in [6.07, 6.45) is 3.64. The van der Waals surface area contributed by atoms with Crippen molar-refractivity contribution in [3.8, 4) is 0 Å². The van der Waals surface area contributed by atoms with Crippen LogP contribution in [0.4, 0.5) is 0 Å². The molecule has 0 radical (unpaired) electrons. The van der Waals surface area contributed by atoms with E-state index in [1.165, 1.54) is 11.1 Å². The first-order valence-corrected chi connectivity index (χ1v) is 6.03. The van der Waals surface area contributed by atoms with Crippen molar-refractivity contribution >= 4 is 5.97 Å². The summed E-state index contributed by atoms with van der Waals surface area (Å²) < 4.78 is 4.99. The maximum Gasteiger partial charge on any atom is 0.306 e. The Morgan fingerprint density at radius 2 is 2.25 bits per heavy atom. The molecule has 16 heavy (non-hydrogen) atoms. The Morgan fingerprint density at radius 3 is 2.81 bits per heavy atom. The van der Waals surface area contributed by atoms with Gasteiger partial charge in [0.1, 0.15) is 0 Å². The zero-order valence-corrected chi connectivity index (χ0v) is 10.4. The highest BCUT2D eigenvalue weighted by atomic mass is 16.5. The van der Waals surface area contributed by atoms with E-state index in [1.54, 1.807) is 0 Å². The van der Waals surface area contributed by atoms with Gasteiger partial charge < -0.3 is 4.74 Å². The Morgan fingerprint density at radius 1 is 1.56 bits per heavy atom. The van der Waals surface area contributed by atoms with Gasteiger partial charge in [0.25, 0.3) is 0 Å². The average molecular weight is 222 g/mol. The molecule has 2 atom stereocenters. The van der Waals surface area contributed by atoms with E-state index >= 15 is 0 Å². The van der Waals surface area contributed by atoms with Crippen LogP contribution in [0.5, 0.6) is 0 Å². The van der Waals surface area contributed by atoms with Gasteiger partial charge in [-0.05, 0) is 44.9 Å². The summed E-state index contributed by atoms with van der Waals surface area (Å²) in [4.78, 5) is 11.4. The molecule has 1 rings (SSSR count). The van der Waals surface area contributed by atoms with E-state index < -0.39 is 0 Å². The second kappa shape index (κ2) is 5.88. The molecule has 0 aromatic rings. The zero-order valence-electron chi connectivity index (χ0n) is 10.4. The van der Waals surface area contributed by atoms with E-state index in [0.717, 1.165) is 19.3 Å². The summed E-state index contributed by atoms with van der Waals surface area (Å²) in [5, 5.41) is 0. The molecule has 1 fully saturated rings. The number of hydrogen-bond donors (Lipinski definition) is 0. The molecular formula is C14H22O2. The molecule has 1 saturated carbocycles. The van der Waals surface area contributed by atoms with Crippen molar-refractivity contribution < 1.29 is 9.53 Å². The number of ether oxygens (including phenoxy) is 1. The highest BCUT2D eigenvalue weighted by Gasteiger charge is 2.27. The first kappa shape index (κ1) is 13.0. The van der Waals surface area contributed by atoms with E-state index in [-0.39, 0.29) is 11.9 Å². The fourth-order valence-corrected chi connectivity index (χ4v) is 2.29. The molecule has 0 bridgehead atoms. The Kier molecular flexibility index (Phi) is 4.78. The first-order valence-electron chi connectivity index (χ1n) is 6.03. The lowest BCUT2D eigenvalue weighted by atomic mass is 9.75. The lowest BCUT2D eigenvalue weighted by Crippen LogP contribution is -2.21. The van der Waals surface area contributed by atoms with Crippen LogP contribution in [0.2, 0.25) is 0 Å². The molecule has 0 spiro atoms. The van der Waals surface area contributed by atoms with Crippen molar-refractivity contribution in [3.63, 3.8) is 0 Å². The number of hydrogen-bond acceptors (Lipinski definition) is 2. The molecule has 2 nitrogen and oxygen atoms in total. The minimum absolute atomic E-state index is 0.101. The van der Waals surface area contributed by atoms with Gasteiger partial charge in [0.2, 0.25) is 0 Å². The van der Waals surface area contributed by atoms with Gasteiger partial charge in [0.15, 0.2) is 0 Å². The summed E-state index contributed by atoms with van der Waals surface area (Å²) in [7, 11) is 0. The van der Waals surface area contributed by atoms with E-state index in [9.17, 15) is 4.79 Å². The monoisotopic (exact) mass is 222 g/mol. The van der Waals surface area contributed by atoms with Crippen LogP contribution in [0.3, 0.4) is 0 Å². The standard InChI is InChI=1S/C14H22O2/c1-5-16-14(15)9-13-8-12(10(2)3)7-6-11(13)4/h12-13H,2,4-9H2,1,3H3/t12-,13+/m0/s1. The van der Waals surface area contributed by atoms with Crippen molar-refractivity contribution in [1.82, 2.24) is 0 Å². The smallest absolute Gasteiger partial charge is 0.306 e. The third-order valence-electron chi connectivity index (χ3n) is 3.38. The predicted molar refractivity (Wildman–Crippen MR) is 66.0 cm³/mol. The number of carbonyl (C=O) groups is 1. The van der Waals surface area contributed by atoms with E-state index in [0.29, 0.717) is 18.9 Å². The summed E-state index contributed by atoms with van der Waals surface area (Å²) in [5.41, 5.74) is 2.42. The quantitative estimate of drug-likeness (QED) is 0.537. The van der Waals surface area contributed by atoms with Gasteiger partial charge in [-0.15, -0.1) is 0 Å². The third-order valence-corrected chi connectivity index (χ3v) is 3.38. The van der Waals surface area contributed by atoms with Gasteiger partial charge in [-0.3, -0.25) is 4.79 Å². The minimum Gasteiger partial charge on any atom is -0.466 e. The Labute approximate surface area is 98.4 Å². The van der Waals surface area contributed by atoms with Gasteiger partial charge in [-0.2, -0.15) is 0 Å². The molecule has 1 aliphatic rings. The molecule has 2 heteroatoms. The first-order chi connectivity index (χ1) is 7.54. The van der Waals surface area contributed by atoms with Gasteiger partial charge in [0, 0.05) is 0 Å². The minimum atomic E-state index is -0.101. The topological polar surface area (TPSA) is 26.3 Å². The van der Waals surface area contributed by atoms with Crippen LogP contribution in [-0.2, 0) is 9.53 Å². The normalized spacial score (nSPS) is 25.2. The molecule has 0 heterocycles. The van der Waals surface area contributed by atoms with Crippen molar-refractivity contribution in [2.24, 2.45) is 11.8 Å². The second-order valence-electron chi connectivity index (χ2n) is 4.68. The van der Waals surface area contributed by atoms with Crippen LogP contribution < -0.4 is 0 Å². The summed E-state index contributed by atoms with van der Waals surface area (Å²) in [6, 6.07) is 0. The van der Waals surface area contributed by atoms with Crippen molar-refractivity contribution in [2.45, 2.75) is 39.5 Å². The number of carbonyl (C=O) groups excluding carboxylic acids is 1. The SMILES string of the molecule is C=C(C)[C@H]1CCC(=C)[C@@H](CC(=O)OCC)C1. The fraction of sp³-hybridized carbons (Fsp3) is 0.643. The summed E-state index contributed by atoms with van der Waals surface area (Å²) in [5.74, 6) is 0.732. The lowest BCUT2D eigenvalue weighted by Gasteiger charge is -2.31. The Balaban J connectivity index is 2.53. The van der Waals surface area contributed by atoms with E-state index in [4.69, 9.17) is 4.74 Å². The highest BCUT2D eigenvalue weighted by Crippen LogP contribution is 2.37. The van der Waals surface area contributed by atoms with Crippen LogP contribution in [0.15, 0.2) is 24.3 Å². The summed E-state index contributed by atoms with van der Waals surface area (Å²) in [6.45, 7) is 12.4. The van der Waals surface area contributed by atoms with Crippen LogP contribution in [0, 0.1) is 11.8 Å². The van der Waals surface area contributed by atoms with Gasteiger partial charge in [-0.1, -0.05) is 24.3 Å². The maximum absolute atomic E-state index is 11.4. The van der Waals surface area contributed by atoms with Gasteiger partial charge in [-0.25, -0.2) is 0 Å². The largest absolute Gasteiger partial charge is 0.466 e. The molecule has 0 amide bonds. The van der Waals surface area contributed by atoms with Crippen molar-refractivity contribution in [1.29, 1.82) is 0 Å². The lowest BCUT2D eigenvalue weighted by molar-refractivity contribution is -0.144. The van der Waals surface area contributed by atoms with Crippen LogP contribution in [0.1, 0.15) is 39.5 Å². The molecule has 0 saturated heterocycles. The van der Waals surface area contributed by atoms with E-state index in [1.807, 2.05) is 6.92 Å².